The molecule has 0 aliphatic carbocycles. The first-order valence-corrected chi connectivity index (χ1v) is 10.5. The molecule has 2 rings (SSSR count). The SMILES string of the molecule is CO/N=C(\CN(C)C(=O)c1cc(C(F)(F)F)cc(C(F)(F)F)c1)C(CC=O)c1ccc(Cl)c(Cl)c1. The van der Waals surface area contributed by atoms with Crippen molar-refractivity contribution in [2.24, 2.45) is 5.16 Å². The summed E-state index contributed by atoms with van der Waals surface area (Å²) in [6, 6.07) is 5.09. The second-order valence-corrected chi connectivity index (χ2v) is 8.16. The summed E-state index contributed by atoms with van der Waals surface area (Å²) in [7, 11) is 2.35. The molecule has 0 saturated carbocycles. The lowest BCUT2D eigenvalue weighted by atomic mass is 9.91. The first kappa shape index (κ1) is 28.4. The number of carbonyl (C=O) groups is 2. The van der Waals surface area contributed by atoms with Crippen LogP contribution < -0.4 is 0 Å². The van der Waals surface area contributed by atoms with Crippen LogP contribution in [0.3, 0.4) is 0 Å². The van der Waals surface area contributed by atoms with E-state index < -0.39 is 40.9 Å². The van der Waals surface area contributed by atoms with Crippen molar-refractivity contribution in [2.75, 3.05) is 20.7 Å². The molecule has 1 amide bonds. The van der Waals surface area contributed by atoms with Gasteiger partial charge in [0.1, 0.15) is 13.4 Å². The van der Waals surface area contributed by atoms with E-state index in [1.807, 2.05) is 0 Å². The molecule has 2 aromatic carbocycles. The van der Waals surface area contributed by atoms with Crippen molar-refractivity contribution in [2.45, 2.75) is 24.7 Å². The van der Waals surface area contributed by atoms with E-state index in [1.54, 1.807) is 6.07 Å². The molecular weight excluding hydrogens is 525 g/mol. The Hall–Kier alpha value is -2.79. The predicted octanol–water partition coefficient (Wildman–Crippen LogP) is 6.48. The van der Waals surface area contributed by atoms with Crippen molar-refractivity contribution in [1.29, 1.82) is 0 Å². The molecule has 0 spiro atoms. The number of hydrogen-bond acceptors (Lipinski definition) is 4. The Morgan fingerprint density at radius 3 is 2.06 bits per heavy atom. The molecule has 1 atom stereocenters. The monoisotopic (exact) mass is 542 g/mol. The van der Waals surface area contributed by atoms with Crippen molar-refractivity contribution in [3.63, 3.8) is 0 Å². The molecule has 35 heavy (non-hydrogen) atoms. The quantitative estimate of drug-likeness (QED) is 0.166. The zero-order valence-electron chi connectivity index (χ0n) is 18.2. The Morgan fingerprint density at radius 2 is 1.60 bits per heavy atom. The van der Waals surface area contributed by atoms with Crippen LogP contribution in [0.25, 0.3) is 0 Å². The Balaban J connectivity index is 2.45. The maximum Gasteiger partial charge on any atom is 0.416 e. The molecule has 0 bridgehead atoms. The van der Waals surface area contributed by atoms with E-state index in [0.29, 0.717) is 24.0 Å². The average molecular weight is 543 g/mol. The highest BCUT2D eigenvalue weighted by molar-refractivity contribution is 6.42. The molecule has 0 aromatic heterocycles. The van der Waals surface area contributed by atoms with Crippen LogP contribution in [0.5, 0.6) is 0 Å². The first-order valence-electron chi connectivity index (χ1n) is 9.72. The number of benzene rings is 2. The Morgan fingerprint density at radius 1 is 1.03 bits per heavy atom. The summed E-state index contributed by atoms with van der Waals surface area (Å²) >= 11 is 12.0. The van der Waals surface area contributed by atoms with Gasteiger partial charge in [0.15, 0.2) is 0 Å². The molecule has 0 radical (unpaired) electrons. The number of halogens is 8. The molecule has 5 nitrogen and oxygen atoms in total. The second-order valence-electron chi connectivity index (χ2n) is 7.35. The Kier molecular flexibility index (Phi) is 9.18. The number of oxime groups is 1. The van der Waals surface area contributed by atoms with E-state index in [-0.39, 0.29) is 34.8 Å². The van der Waals surface area contributed by atoms with Crippen LogP contribution in [0, 0.1) is 0 Å². The smallest absolute Gasteiger partial charge is 0.399 e. The maximum atomic E-state index is 13.2. The Bertz CT molecular complexity index is 1090. The minimum Gasteiger partial charge on any atom is -0.399 e. The summed E-state index contributed by atoms with van der Waals surface area (Å²) in [5.41, 5.74) is -3.50. The van der Waals surface area contributed by atoms with Crippen molar-refractivity contribution in [3.8, 4) is 0 Å². The third-order valence-electron chi connectivity index (χ3n) is 4.87. The number of hydrogen-bond donors (Lipinski definition) is 0. The first-order chi connectivity index (χ1) is 16.2. The molecule has 1 unspecified atom stereocenters. The van der Waals surface area contributed by atoms with E-state index in [4.69, 9.17) is 28.0 Å². The van der Waals surface area contributed by atoms with Crippen LogP contribution in [0.15, 0.2) is 41.6 Å². The largest absolute Gasteiger partial charge is 0.416 e. The molecule has 13 heteroatoms. The van der Waals surface area contributed by atoms with Crippen LogP contribution in [-0.4, -0.2) is 43.5 Å². The summed E-state index contributed by atoms with van der Waals surface area (Å²) in [4.78, 5) is 29.8. The minimum atomic E-state index is -5.11. The molecule has 0 fully saturated rings. The van der Waals surface area contributed by atoms with Gasteiger partial charge in [-0.05, 0) is 35.9 Å². The molecule has 0 N–H and O–H groups in total. The number of alkyl halides is 6. The fraction of sp³-hybridized carbons (Fsp3) is 0.318. The predicted molar refractivity (Wildman–Crippen MR) is 118 cm³/mol. The van der Waals surface area contributed by atoms with Gasteiger partial charge in [0, 0.05) is 24.9 Å². The lowest BCUT2D eigenvalue weighted by molar-refractivity contribution is -0.143. The van der Waals surface area contributed by atoms with Crippen LogP contribution in [-0.2, 0) is 22.0 Å². The lowest BCUT2D eigenvalue weighted by Gasteiger charge is -2.24. The number of carbonyl (C=O) groups excluding carboxylic acids is 2. The molecular formula is C22H18Cl2F6N2O3. The maximum absolute atomic E-state index is 13.2. The van der Waals surface area contributed by atoms with Gasteiger partial charge in [0.05, 0.1) is 33.4 Å². The number of rotatable bonds is 8. The van der Waals surface area contributed by atoms with Gasteiger partial charge < -0.3 is 14.5 Å². The summed E-state index contributed by atoms with van der Waals surface area (Å²) in [5, 5.41) is 4.24. The van der Waals surface area contributed by atoms with Gasteiger partial charge in [-0.2, -0.15) is 26.3 Å². The molecule has 2 aromatic rings. The van der Waals surface area contributed by atoms with Crippen LogP contribution in [0.1, 0.15) is 39.4 Å². The topological polar surface area (TPSA) is 59.0 Å². The van der Waals surface area contributed by atoms with Gasteiger partial charge in [-0.15, -0.1) is 0 Å². The normalized spacial score (nSPS) is 13.4. The van der Waals surface area contributed by atoms with Crippen molar-refractivity contribution >= 4 is 41.1 Å². The van der Waals surface area contributed by atoms with Gasteiger partial charge in [0.2, 0.25) is 0 Å². The van der Waals surface area contributed by atoms with Crippen LogP contribution in [0.4, 0.5) is 26.3 Å². The fourth-order valence-electron chi connectivity index (χ4n) is 3.22. The highest BCUT2D eigenvalue weighted by Crippen LogP contribution is 2.36. The van der Waals surface area contributed by atoms with E-state index in [0.717, 1.165) is 11.9 Å². The molecule has 0 heterocycles. The van der Waals surface area contributed by atoms with Gasteiger partial charge in [0.25, 0.3) is 5.91 Å². The van der Waals surface area contributed by atoms with Crippen LogP contribution >= 0.6 is 23.2 Å². The zero-order valence-corrected chi connectivity index (χ0v) is 19.7. The highest BCUT2D eigenvalue weighted by Gasteiger charge is 2.38. The third kappa shape index (κ3) is 7.35. The number of amides is 1. The van der Waals surface area contributed by atoms with E-state index in [2.05, 4.69) is 5.16 Å². The lowest BCUT2D eigenvalue weighted by Crippen LogP contribution is -2.35. The third-order valence-corrected chi connectivity index (χ3v) is 5.61. The van der Waals surface area contributed by atoms with Gasteiger partial charge >= 0.3 is 12.4 Å². The van der Waals surface area contributed by atoms with E-state index in [1.165, 1.54) is 19.2 Å². The standard InChI is InChI=1S/C22H18Cl2F6N2O3/c1-32(20(34)13-7-14(21(25,26)27)10-15(8-13)22(28,29)30)11-19(31-35-2)16(5-6-33)12-3-4-17(23)18(24)9-12/h3-4,6-10,16H,5,11H2,1-2H3/b31-19+. The summed E-state index contributed by atoms with van der Waals surface area (Å²) in [6.07, 6.45) is -9.78. The van der Waals surface area contributed by atoms with Crippen molar-refractivity contribution in [3.05, 3.63) is 68.7 Å². The minimum absolute atomic E-state index is 0.0705. The molecule has 190 valence electrons. The Labute approximate surface area is 206 Å². The summed E-state index contributed by atoms with van der Waals surface area (Å²) < 4.78 is 79.0. The van der Waals surface area contributed by atoms with E-state index >= 15 is 0 Å². The van der Waals surface area contributed by atoms with Crippen molar-refractivity contribution in [1.82, 2.24) is 4.90 Å². The number of nitrogens with zero attached hydrogens (tertiary/aromatic N) is 2. The number of aldehydes is 1. The van der Waals surface area contributed by atoms with Gasteiger partial charge in [-0.1, -0.05) is 34.4 Å². The summed E-state index contributed by atoms with van der Waals surface area (Å²) in [5.74, 6) is -1.91. The van der Waals surface area contributed by atoms with Crippen molar-refractivity contribution < 1.29 is 40.8 Å². The highest BCUT2D eigenvalue weighted by atomic mass is 35.5. The fourth-order valence-corrected chi connectivity index (χ4v) is 3.53. The average Bonchev–Trinajstić information content (AvgIpc) is 2.77. The molecule has 0 aliphatic rings. The molecule has 0 aliphatic heterocycles. The van der Waals surface area contributed by atoms with Gasteiger partial charge in [-0.25, -0.2) is 0 Å². The van der Waals surface area contributed by atoms with Crippen LogP contribution in [0.2, 0.25) is 10.0 Å². The molecule has 0 saturated heterocycles. The van der Waals surface area contributed by atoms with Gasteiger partial charge in [-0.3, -0.25) is 4.79 Å². The second kappa shape index (κ2) is 11.3. The zero-order chi connectivity index (χ0) is 26.6. The summed E-state index contributed by atoms with van der Waals surface area (Å²) in [6.45, 7) is -0.386. The van der Waals surface area contributed by atoms with E-state index in [9.17, 15) is 35.9 Å².